The van der Waals surface area contributed by atoms with Crippen molar-refractivity contribution in [3.05, 3.63) is 35.9 Å². The van der Waals surface area contributed by atoms with E-state index in [1.165, 1.54) is 25.5 Å². The molecule has 0 radical (unpaired) electrons. The Balaban J connectivity index is 1.61. The van der Waals surface area contributed by atoms with E-state index >= 15 is 0 Å². The molecule has 3 rings (SSSR count). The van der Waals surface area contributed by atoms with Gasteiger partial charge in [-0.2, -0.15) is 0 Å². The van der Waals surface area contributed by atoms with E-state index in [1.807, 2.05) is 7.05 Å². The second-order valence-electron chi connectivity index (χ2n) is 8.36. The molecule has 6 heteroatoms. The van der Waals surface area contributed by atoms with Gasteiger partial charge >= 0.3 is 5.97 Å². The second kappa shape index (κ2) is 10.6. The molecule has 0 aromatic heterocycles. The van der Waals surface area contributed by atoms with Gasteiger partial charge in [-0.15, -0.1) is 0 Å². The van der Waals surface area contributed by atoms with Crippen LogP contribution in [-0.2, 0) is 9.53 Å². The third kappa shape index (κ3) is 5.72. The number of nitrogens with zero attached hydrogens (tertiary/aromatic N) is 3. The predicted octanol–water partition coefficient (Wildman–Crippen LogP) is 2.92. The number of likely N-dealkylation sites (tertiary alicyclic amines) is 2. The van der Waals surface area contributed by atoms with Gasteiger partial charge in [0.1, 0.15) is 0 Å². The first-order valence-electron chi connectivity index (χ1n) is 10.9. The zero-order chi connectivity index (χ0) is 20.6. The Hall–Kier alpha value is -2.08. The van der Waals surface area contributed by atoms with Crippen LogP contribution in [0.1, 0.15) is 44.2 Å². The first-order chi connectivity index (χ1) is 14.1. The minimum Gasteiger partial charge on any atom is -0.469 e. The molecule has 1 atom stereocenters. The normalized spacial score (nSPS) is 21.1. The smallest absolute Gasteiger partial charge is 0.308 e. The zero-order valence-corrected chi connectivity index (χ0v) is 18.1. The van der Waals surface area contributed by atoms with Gasteiger partial charge in [0.2, 0.25) is 0 Å². The Morgan fingerprint density at radius 2 is 1.79 bits per heavy atom. The molecule has 0 aliphatic carbocycles. The van der Waals surface area contributed by atoms with Gasteiger partial charge in [-0.1, -0.05) is 37.3 Å². The third-order valence-electron chi connectivity index (χ3n) is 6.44. The fourth-order valence-electron chi connectivity index (χ4n) is 4.49. The van der Waals surface area contributed by atoms with Crippen LogP contribution in [0.5, 0.6) is 0 Å². The van der Waals surface area contributed by atoms with Crippen LogP contribution in [0.4, 0.5) is 0 Å². The third-order valence-corrected chi connectivity index (χ3v) is 6.44. The Morgan fingerprint density at radius 3 is 2.38 bits per heavy atom. The summed E-state index contributed by atoms with van der Waals surface area (Å²) in [4.78, 5) is 21.2. The Kier molecular flexibility index (Phi) is 7.92. The standard InChI is InChI=1S/C23H36N4O2/c1-18-9-13-26(14-10-18)21(19-7-5-4-6-8-19)17-25-23(24-2)27-15-11-20(12-16-27)22(28)29-3/h4-8,18,20-21H,9-17H2,1-3H3,(H,24,25). The molecule has 0 amide bonds. The van der Waals surface area contributed by atoms with Crippen molar-refractivity contribution < 1.29 is 9.53 Å². The van der Waals surface area contributed by atoms with Crippen LogP contribution >= 0.6 is 0 Å². The molecule has 1 aromatic carbocycles. The molecule has 0 bridgehead atoms. The van der Waals surface area contributed by atoms with E-state index in [0.717, 1.165) is 57.4 Å². The maximum absolute atomic E-state index is 11.8. The fourth-order valence-corrected chi connectivity index (χ4v) is 4.49. The van der Waals surface area contributed by atoms with E-state index in [-0.39, 0.29) is 11.9 Å². The van der Waals surface area contributed by atoms with Crippen molar-refractivity contribution in [3.8, 4) is 0 Å². The zero-order valence-electron chi connectivity index (χ0n) is 18.1. The number of benzene rings is 1. The number of carbonyl (C=O) groups is 1. The number of methoxy groups -OCH3 is 1. The predicted molar refractivity (Wildman–Crippen MR) is 117 cm³/mol. The van der Waals surface area contributed by atoms with Crippen molar-refractivity contribution in [3.63, 3.8) is 0 Å². The van der Waals surface area contributed by atoms with Crippen molar-refractivity contribution in [2.75, 3.05) is 46.9 Å². The van der Waals surface area contributed by atoms with Gasteiger partial charge in [-0.05, 0) is 50.3 Å². The van der Waals surface area contributed by atoms with E-state index < -0.39 is 0 Å². The first-order valence-corrected chi connectivity index (χ1v) is 10.9. The average Bonchev–Trinajstić information content (AvgIpc) is 2.78. The van der Waals surface area contributed by atoms with Gasteiger partial charge in [0.15, 0.2) is 5.96 Å². The van der Waals surface area contributed by atoms with E-state index in [1.54, 1.807) is 0 Å². The molecule has 6 nitrogen and oxygen atoms in total. The van der Waals surface area contributed by atoms with Crippen molar-refractivity contribution in [2.24, 2.45) is 16.8 Å². The molecule has 0 saturated carbocycles. The highest BCUT2D eigenvalue weighted by Crippen LogP contribution is 2.26. The van der Waals surface area contributed by atoms with Crippen LogP contribution in [-0.4, -0.2) is 68.6 Å². The van der Waals surface area contributed by atoms with E-state index in [0.29, 0.717) is 6.04 Å². The summed E-state index contributed by atoms with van der Waals surface area (Å²) in [7, 11) is 3.31. The summed E-state index contributed by atoms with van der Waals surface area (Å²) in [5.41, 5.74) is 1.36. The lowest BCUT2D eigenvalue weighted by molar-refractivity contribution is -0.146. The van der Waals surface area contributed by atoms with Crippen LogP contribution in [0.3, 0.4) is 0 Å². The van der Waals surface area contributed by atoms with Gasteiger partial charge in [-0.25, -0.2) is 0 Å². The number of rotatable bonds is 5. The second-order valence-corrected chi connectivity index (χ2v) is 8.36. The van der Waals surface area contributed by atoms with Crippen molar-refractivity contribution in [1.29, 1.82) is 0 Å². The van der Waals surface area contributed by atoms with Crippen molar-refractivity contribution in [1.82, 2.24) is 15.1 Å². The molecule has 0 spiro atoms. The average molecular weight is 401 g/mol. The minimum absolute atomic E-state index is 0.0155. The summed E-state index contributed by atoms with van der Waals surface area (Å²) in [6.07, 6.45) is 4.16. The molecular formula is C23H36N4O2. The molecule has 2 aliphatic rings. The quantitative estimate of drug-likeness (QED) is 0.468. The maximum Gasteiger partial charge on any atom is 0.308 e. The lowest BCUT2D eigenvalue weighted by Gasteiger charge is -2.38. The topological polar surface area (TPSA) is 57.2 Å². The minimum atomic E-state index is -0.0870. The SMILES string of the molecule is CN=C(NCC(c1ccccc1)N1CCC(C)CC1)N1CCC(C(=O)OC)CC1. The number of ether oxygens (including phenoxy) is 1. The van der Waals surface area contributed by atoms with E-state index in [9.17, 15) is 4.79 Å². The highest BCUT2D eigenvalue weighted by Gasteiger charge is 2.28. The van der Waals surface area contributed by atoms with Crippen LogP contribution in [0.15, 0.2) is 35.3 Å². The number of guanidine groups is 1. The summed E-state index contributed by atoms with van der Waals surface area (Å²) >= 11 is 0. The number of hydrogen-bond acceptors (Lipinski definition) is 4. The highest BCUT2D eigenvalue weighted by molar-refractivity contribution is 5.80. The van der Waals surface area contributed by atoms with Gasteiger partial charge < -0.3 is 15.0 Å². The monoisotopic (exact) mass is 400 g/mol. The molecule has 29 heavy (non-hydrogen) atoms. The number of nitrogens with one attached hydrogen (secondary N) is 1. The van der Waals surface area contributed by atoms with Crippen molar-refractivity contribution in [2.45, 2.75) is 38.6 Å². The van der Waals surface area contributed by atoms with E-state index in [2.05, 4.69) is 57.4 Å². The summed E-state index contributed by atoms with van der Waals surface area (Å²) in [5.74, 6) is 1.68. The molecule has 2 aliphatic heterocycles. The van der Waals surface area contributed by atoms with Crippen LogP contribution in [0, 0.1) is 11.8 Å². The summed E-state index contributed by atoms with van der Waals surface area (Å²) in [5, 5.41) is 3.62. The van der Waals surface area contributed by atoms with Crippen LogP contribution in [0.2, 0.25) is 0 Å². The lowest BCUT2D eigenvalue weighted by atomic mass is 9.95. The van der Waals surface area contributed by atoms with Gasteiger partial charge in [0.05, 0.1) is 19.1 Å². The highest BCUT2D eigenvalue weighted by atomic mass is 16.5. The molecule has 160 valence electrons. The molecule has 2 fully saturated rings. The van der Waals surface area contributed by atoms with Gasteiger partial charge in [0, 0.05) is 26.7 Å². The van der Waals surface area contributed by atoms with Crippen LogP contribution < -0.4 is 5.32 Å². The number of hydrogen-bond donors (Lipinski definition) is 1. The van der Waals surface area contributed by atoms with Gasteiger partial charge in [0.25, 0.3) is 0 Å². The number of carbonyl (C=O) groups excluding carboxylic acids is 1. The molecule has 2 saturated heterocycles. The first kappa shape index (κ1) is 21.6. The molecule has 2 heterocycles. The Bertz CT molecular complexity index is 663. The number of aliphatic imine (C=N–C) groups is 1. The Labute approximate surface area is 175 Å². The fraction of sp³-hybridized carbons (Fsp3) is 0.652. The Morgan fingerprint density at radius 1 is 1.14 bits per heavy atom. The summed E-state index contributed by atoms with van der Waals surface area (Å²) in [6.45, 7) is 7.14. The molecule has 1 N–H and O–H groups in total. The van der Waals surface area contributed by atoms with Gasteiger partial charge in [-0.3, -0.25) is 14.7 Å². The summed E-state index contributed by atoms with van der Waals surface area (Å²) < 4.78 is 4.91. The largest absolute Gasteiger partial charge is 0.469 e. The molecule has 1 unspecified atom stereocenters. The lowest BCUT2D eigenvalue weighted by Crippen LogP contribution is -2.49. The van der Waals surface area contributed by atoms with Crippen molar-refractivity contribution >= 4 is 11.9 Å². The maximum atomic E-state index is 11.8. The molecular weight excluding hydrogens is 364 g/mol. The summed E-state index contributed by atoms with van der Waals surface area (Å²) in [6, 6.07) is 11.1. The van der Waals surface area contributed by atoms with E-state index in [4.69, 9.17) is 4.74 Å². The number of esters is 1. The molecule has 1 aromatic rings. The van der Waals surface area contributed by atoms with Crippen LogP contribution in [0.25, 0.3) is 0 Å². The number of piperidine rings is 2.